The summed E-state index contributed by atoms with van der Waals surface area (Å²) >= 11 is 0. The molecule has 36 heavy (non-hydrogen) atoms. The number of hydrazone groups is 2. The Balaban J connectivity index is 1.44. The van der Waals surface area contributed by atoms with Crippen LogP contribution in [0.5, 0.6) is 11.5 Å². The molecule has 0 heterocycles. The summed E-state index contributed by atoms with van der Waals surface area (Å²) in [6.07, 6.45) is 2.88. The van der Waals surface area contributed by atoms with E-state index in [0.29, 0.717) is 33.8 Å². The Labute approximate surface area is 207 Å². The highest BCUT2D eigenvalue weighted by Crippen LogP contribution is 2.17. The van der Waals surface area contributed by atoms with Gasteiger partial charge in [0.25, 0.3) is 11.8 Å². The molecule has 2 amide bonds. The number of nitrogens with one attached hydrogen (secondary N) is 2. The first kappa shape index (κ1) is 25.1. The Bertz CT molecular complexity index is 1270. The Morgan fingerprint density at radius 3 is 1.61 bits per heavy atom. The van der Waals surface area contributed by atoms with Crippen LogP contribution in [0.2, 0.25) is 0 Å². The number of nitrogens with zero attached hydrogens (tertiary/aromatic N) is 4. The van der Waals surface area contributed by atoms with Crippen LogP contribution >= 0.6 is 0 Å². The zero-order valence-electron chi connectivity index (χ0n) is 18.9. The fourth-order valence-electron chi connectivity index (χ4n) is 2.80. The first-order valence-electron chi connectivity index (χ1n) is 10.6. The number of amides is 2. The van der Waals surface area contributed by atoms with Crippen molar-refractivity contribution in [3.05, 3.63) is 95.1 Å². The van der Waals surface area contributed by atoms with Gasteiger partial charge >= 0.3 is 0 Å². The minimum Gasteiger partial charge on any atom is -0.482 e. The third kappa shape index (κ3) is 7.83. The number of para-hydroxylation sites is 2. The molecule has 0 radical (unpaired) electrons. The van der Waals surface area contributed by atoms with Gasteiger partial charge in [0.05, 0.1) is 23.6 Å². The highest BCUT2D eigenvalue weighted by Gasteiger charge is 2.06. The van der Waals surface area contributed by atoms with E-state index in [0.717, 1.165) is 0 Å². The molecule has 0 fully saturated rings. The first-order chi connectivity index (χ1) is 17.6. The largest absolute Gasteiger partial charge is 0.482 e. The maximum Gasteiger partial charge on any atom is 0.277 e. The molecule has 10 heteroatoms. The van der Waals surface area contributed by atoms with Gasteiger partial charge < -0.3 is 9.47 Å². The van der Waals surface area contributed by atoms with E-state index in [2.05, 4.69) is 21.1 Å². The molecule has 0 saturated heterocycles. The fourth-order valence-corrected chi connectivity index (χ4v) is 2.80. The van der Waals surface area contributed by atoms with E-state index in [9.17, 15) is 9.59 Å². The Kier molecular flexibility index (Phi) is 9.28. The van der Waals surface area contributed by atoms with Gasteiger partial charge in [-0.2, -0.15) is 20.7 Å². The van der Waals surface area contributed by atoms with Crippen molar-refractivity contribution < 1.29 is 19.1 Å². The van der Waals surface area contributed by atoms with Gasteiger partial charge in [0.1, 0.15) is 23.6 Å². The van der Waals surface area contributed by atoms with Crippen molar-refractivity contribution in [1.29, 1.82) is 10.5 Å². The number of nitriles is 2. The average Bonchev–Trinajstić information content (AvgIpc) is 2.91. The number of carbonyl (C=O) groups excluding carboxylic acids is 2. The summed E-state index contributed by atoms with van der Waals surface area (Å²) < 4.78 is 10.7. The van der Waals surface area contributed by atoms with Crippen LogP contribution in [0.3, 0.4) is 0 Å². The van der Waals surface area contributed by atoms with Crippen molar-refractivity contribution in [1.82, 2.24) is 10.9 Å². The lowest BCUT2D eigenvalue weighted by atomic mass is 10.1. The Morgan fingerprint density at radius 1 is 0.722 bits per heavy atom. The third-order valence-electron chi connectivity index (χ3n) is 4.45. The number of rotatable bonds is 10. The van der Waals surface area contributed by atoms with Crippen LogP contribution in [0.1, 0.15) is 22.3 Å². The van der Waals surface area contributed by atoms with Crippen LogP contribution in [-0.4, -0.2) is 37.5 Å². The molecule has 3 aromatic rings. The monoisotopic (exact) mass is 480 g/mol. The first-order valence-corrected chi connectivity index (χ1v) is 10.6. The van der Waals surface area contributed by atoms with Crippen LogP contribution in [0.4, 0.5) is 0 Å². The summed E-state index contributed by atoms with van der Waals surface area (Å²) in [7, 11) is 0. The molecule has 2 N–H and O–H groups in total. The number of hydrogen-bond donors (Lipinski definition) is 2. The lowest BCUT2D eigenvalue weighted by Gasteiger charge is -2.06. The van der Waals surface area contributed by atoms with E-state index in [1.54, 1.807) is 72.8 Å². The molecule has 0 saturated carbocycles. The second kappa shape index (κ2) is 13.3. The van der Waals surface area contributed by atoms with Crippen LogP contribution in [0.15, 0.2) is 83.0 Å². The smallest absolute Gasteiger partial charge is 0.277 e. The van der Waals surface area contributed by atoms with Crippen LogP contribution in [0, 0.1) is 22.7 Å². The normalized spacial score (nSPS) is 10.4. The van der Waals surface area contributed by atoms with Gasteiger partial charge in [-0.15, -0.1) is 0 Å². The molecule has 0 aliphatic carbocycles. The molecule has 0 aliphatic rings. The molecule has 0 bridgehead atoms. The van der Waals surface area contributed by atoms with Gasteiger partial charge in [0.2, 0.25) is 0 Å². The van der Waals surface area contributed by atoms with E-state index in [1.807, 2.05) is 12.1 Å². The molecule has 0 aromatic heterocycles. The van der Waals surface area contributed by atoms with Gasteiger partial charge in [-0.25, -0.2) is 10.9 Å². The summed E-state index contributed by atoms with van der Waals surface area (Å²) in [5, 5.41) is 25.9. The van der Waals surface area contributed by atoms with Crippen LogP contribution in [0.25, 0.3) is 0 Å². The number of carbonyl (C=O) groups is 2. The maximum atomic E-state index is 11.9. The SMILES string of the molecule is N#Cc1ccccc1OCC(=O)N/N=C/c1cccc(/C=N/NC(=O)COc2ccccc2C#N)c1. The van der Waals surface area contributed by atoms with Gasteiger partial charge in [-0.1, -0.05) is 42.5 Å². The molecule has 178 valence electrons. The zero-order valence-corrected chi connectivity index (χ0v) is 18.9. The summed E-state index contributed by atoms with van der Waals surface area (Å²) in [6.45, 7) is -0.595. The topological polar surface area (TPSA) is 149 Å². The van der Waals surface area contributed by atoms with Gasteiger partial charge in [0, 0.05) is 0 Å². The van der Waals surface area contributed by atoms with E-state index >= 15 is 0 Å². The van der Waals surface area contributed by atoms with Crippen molar-refractivity contribution in [3.8, 4) is 23.6 Å². The molecule has 0 unspecified atom stereocenters. The molecule has 10 nitrogen and oxygen atoms in total. The van der Waals surface area contributed by atoms with Crippen molar-refractivity contribution in [2.75, 3.05) is 13.2 Å². The summed E-state index contributed by atoms with van der Waals surface area (Å²) in [4.78, 5) is 23.9. The minimum atomic E-state index is -0.487. The van der Waals surface area contributed by atoms with E-state index in [4.69, 9.17) is 20.0 Å². The molecule has 0 aliphatic heterocycles. The van der Waals surface area contributed by atoms with E-state index in [-0.39, 0.29) is 13.2 Å². The quantitative estimate of drug-likeness (QED) is 0.336. The molecule has 3 aromatic carbocycles. The standard InChI is InChI=1S/C26H20N6O4/c27-13-21-8-1-3-10-23(21)35-17-25(33)31-29-15-19-6-5-7-20(12-19)16-30-32-26(34)18-36-24-11-4-2-9-22(24)14-28/h1-12,15-16H,17-18H2,(H,31,33)(H,32,34)/b29-15+,30-16+. The van der Waals surface area contributed by atoms with Crippen molar-refractivity contribution in [2.45, 2.75) is 0 Å². The predicted octanol–water partition coefficient (Wildman–Crippen LogP) is 2.49. The van der Waals surface area contributed by atoms with E-state index in [1.165, 1.54) is 12.4 Å². The summed E-state index contributed by atoms with van der Waals surface area (Å²) in [6, 6.07) is 24.2. The predicted molar refractivity (Wildman–Crippen MR) is 131 cm³/mol. The van der Waals surface area contributed by atoms with Crippen LogP contribution in [-0.2, 0) is 9.59 Å². The Hall–Kier alpha value is -5.48. The van der Waals surface area contributed by atoms with Crippen molar-refractivity contribution in [3.63, 3.8) is 0 Å². The number of ether oxygens (including phenoxy) is 2. The Morgan fingerprint density at radius 2 is 1.17 bits per heavy atom. The highest BCUT2D eigenvalue weighted by molar-refractivity contribution is 5.88. The molecule has 0 spiro atoms. The number of hydrogen-bond acceptors (Lipinski definition) is 8. The third-order valence-corrected chi connectivity index (χ3v) is 4.45. The molecular formula is C26H20N6O4. The second-order valence-electron chi connectivity index (χ2n) is 7.05. The average molecular weight is 480 g/mol. The maximum absolute atomic E-state index is 11.9. The highest BCUT2D eigenvalue weighted by atomic mass is 16.5. The van der Waals surface area contributed by atoms with Gasteiger partial charge in [-0.3, -0.25) is 9.59 Å². The van der Waals surface area contributed by atoms with Gasteiger partial charge in [0.15, 0.2) is 13.2 Å². The number of benzene rings is 3. The van der Waals surface area contributed by atoms with E-state index < -0.39 is 11.8 Å². The minimum absolute atomic E-state index is 0.297. The van der Waals surface area contributed by atoms with Gasteiger partial charge in [-0.05, 0) is 41.5 Å². The molecular weight excluding hydrogens is 460 g/mol. The molecule has 3 rings (SSSR count). The summed E-state index contributed by atoms with van der Waals surface area (Å²) in [5.41, 5.74) is 6.72. The molecule has 0 atom stereocenters. The summed E-state index contributed by atoms with van der Waals surface area (Å²) in [5.74, 6) is -0.341. The van der Waals surface area contributed by atoms with Crippen LogP contribution < -0.4 is 20.3 Å². The second-order valence-corrected chi connectivity index (χ2v) is 7.05. The zero-order chi connectivity index (χ0) is 25.6. The van der Waals surface area contributed by atoms with Crippen molar-refractivity contribution in [2.24, 2.45) is 10.2 Å². The lowest BCUT2D eigenvalue weighted by Crippen LogP contribution is -2.24. The lowest BCUT2D eigenvalue weighted by molar-refractivity contribution is -0.123. The fraction of sp³-hybridized carbons (Fsp3) is 0.0769. The van der Waals surface area contributed by atoms with Crippen molar-refractivity contribution >= 4 is 24.2 Å².